The van der Waals surface area contributed by atoms with Gasteiger partial charge in [0.05, 0.1) is 24.3 Å². The molecule has 206 valence electrons. The van der Waals surface area contributed by atoms with Crippen LogP contribution in [0.2, 0.25) is 0 Å². The molecule has 39 heavy (non-hydrogen) atoms. The number of hydrogen-bond acceptors (Lipinski definition) is 6. The minimum Gasteiger partial charge on any atom is -0.494 e. The Kier molecular flexibility index (Phi) is 7.49. The van der Waals surface area contributed by atoms with Gasteiger partial charge >= 0.3 is 11.9 Å². The number of nitrogens with one attached hydrogen (secondary N) is 2. The second kappa shape index (κ2) is 11.0. The molecular formula is C28H28F3N3O5. The first-order chi connectivity index (χ1) is 18.7. The van der Waals surface area contributed by atoms with Crippen LogP contribution in [0.25, 0.3) is 11.1 Å². The number of benzene rings is 2. The molecule has 5 rings (SSSR count). The van der Waals surface area contributed by atoms with Gasteiger partial charge in [-0.3, -0.25) is 14.3 Å². The van der Waals surface area contributed by atoms with E-state index in [0.29, 0.717) is 24.2 Å². The van der Waals surface area contributed by atoms with Crippen LogP contribution in [0.3, 0.4) is 0 Å². The molecule has 2 N–H and O–H groups in total. The van der Waals surface area contributed by atoms with Crippen molar-refractivity contribution < 1.29 is 32.0 Å². The van der Waals surface area contributed by atoms with Crippen LogP contribution in [0.15, 0.2) is 51.8 Å². The number of H-pyrrole nitrogens is 1. The second-order valence-corrected chi connectivity index (χ2v) is 9.65. The highest BCUT2D eigenvalue weighted by Crippen LogP contribution is 2.39. The topological polar surface area (TPSA) is 106 Å². The SMILES string of the molecule is CCc1cc(OCCCC(F)(F)F)ccc1[C@H]1CC(c2ccc(OC3CC3)cc2)=C(c2noc(=O)[nH]2)C(=O)N1. The van der Waals surface area contributed by atoms with E-state index in [2.05, 4.69) is 20.0 Å². The Labute approximate surface area is 222 Å². The zero-order chi connectivity index (χ0) is 27.6. The van der Waals surface area contributed by atoms with Crippen LogP contribution in [0.5, 0.6) is 11.5 Å². The second-order valence-electron chi connectivity index (χ2n) is 9.65. The van der Waals surface area contributed by atoms with Gasteiger partial charge in [0.15, 0.2) is 5.82 Å². The third kappa shape index (κ3) is 6.52. The maximum Gasteiger partial charge on any atom is 0.439 e. The van der Waals surface area contributed by atoms with Gasteiger partial charge < -0.3 is 14.8 Å². The van der Waals surface area contributed by atoms with Crippen molar-refractivity contribution in [2.75, 3.05) is 6.61 Å². The summed E-state index contributed by atoms with van der Waals surface area (Å²) in [5.41, 5.74) is 3.45. The van der Waals surface area contributed by atoms with E-state index in [9.17, 15) is 22.8 Å². The Bertz CT molecular complexity index is 1420. The van der Waals surface area contributed by atoms with Crippen LogP contribution >= 0.6 is 0 Å². The normalized spacial score (nSPS) is 17.7. The monoisotopic (exact) mass is 543 g/mol. The molecule has 0 radical (unpaired) electrons. The van der Waals surface area contributed by atoms with E-state index in [1.165, 1.54) is 0 Å². The van der Waals surface area contributed by atoms with Crippen molar-refractivity contribution in [2.45, 2.75) is 63.8 Å². The van der Waals surface area contributed by atoms with Crippen LogP contribution < -0.4 is 20.5 Å². The third-order valence-corrected chi connectivity index (χ3v) is 6.69. The van der Waals surface area contributed by atoms with Gasteiger partial charge in [-0.25, -0.2) is 4.79 Å². The highest BCUT2D eigenvalue weighted by Gasteiger charge is 2.33. The number of carbonyl (C=O) groups is 1. The fourth-order valence-electron chi connectivity index (χ4n) is 4.66. The number of aromatic nitrogens is 2. The molecular weight excluding hydrogens is 515 g/mol. The summed E-state index contributed by atoms with van der Waals surface area (Å²) in [6.07, 6.45) is -1.90. The summed E-state index contributed by atoms with van der Waals surface area (Å²) in [6.45, 7) is 1.91. The van der Waals surface area contributed by atoms with E-state index in [1.807, 2.05) is 37.3 Å². The molecule has 2 aromatic carbocycles. The van der Waals surface area contributed by atoms with Crippen molar-refractivity contribution >= 4 is 17.1 Å². The zero-order valence-corrected chi connectivity index (χ0v) is 21.3. The maximum absolute atomic E-state index is 13.4. The summed E-state index contributed by atoms with van der Waals surface area (Å²) in [5.74, 6) is 0.0807. The quantitative estimate of drug-likeness (QED) is 0.334. The van der Waals surface area contributed by atoms with Crippen molar-refractivity contribution in [1.82, 2.24) is 15.5 Å². The van der Waals surface area contributed by atoms with Crippen LogP contribution in [-0.4, -0.2) is 34.9 Å². The molecule has 1 aliphatic heterocycles. The molecule has 1 aromatic heterocycles. The molecule has 2 aliphatic rings. The average Bonchev–Trinajstić information content (AvgIpc) is 3.62. The number of aromatic amines is 1. The van der Waals surface area contributed by atoms with Gasteiger partial charge in [-0.1, -0.05) is 30.3 Å². The van der Waals surface area contributed by atoms with Crippen LogP contribution in [0.4, 0.5) is 13.2 Å². The summed E-state index contributed by atoms with van der Waals surface area (Å²) in [6, 6.07) is 12.4. The van der Waals surface area contributed by atoms with Crippen molar-refractivity contribution in [1.29, 1.82) is 0 Å². The zero-order valence-electron chi connectivity index (χ0n) is 21.3. The number of ether oxygens (including phenoxy) is 2. The van der Waals surface area contributed by atoms with E-state index in [1.54, 1.807) is 12.1 Å². The summed E-state index contributed by atoms with van der Waals surface area (Å²) in [7, 11) is 0. The minimum absolute atomic E-state index is 0.0441. The summed E-state index contributed by atoms with van der Waals surface area (Å²) in [5, 5.41) is 6.76. The lowest BCUT2D eigenvalue weighted by atomic mass is 9.85. The van der Waals surface area contributed by atoms with E-state index in [-0.39, 0.29) is 30.5 Å². The van der Waals surface area contributed by atoms with Crippen molar-refractivity contribution in [3.8, 4) is 11.5 Å². The minimum atomic E-state index is -4.21. The molecule has 1 saturated carbocycles. The molecule has 2 heterocycles. The van der Waals surface area contributed by atoms with Gasteiger partial charge in [-0.15, -0.1) is 0 Å². The lowest BCUT2D eigenvalue weighted by Gasteiger charge is -2.29. The van der Waals surface area contributed by atoms with Crippen LogP contribution in [0.1, 0.15) is 67.6 Å². The molecule has 1 fully saturated rings. The number of nitrogens with zero attached hydrogens (tertiary/aromatic N) is 1. The number of rotatable bonds is 10. The highest BCUT2D eigenvalue weighted by molar-refractivity contribution is 6.27. The average molecular weight is 544 g/mol. The number of alkyl halides is 3. The number of hydrogen-bond donors (Lipinski definition) is 2. The molecule has 1 aliphatic carbocycles. The van der Waals surface area contributed by atoms with Gasteiger partial charge in [-0.2, -0.15) is 13.2 Å². The lowest BCUT2D eigenvalue weighted by Crippen LogP contribution is -2.35. The third-order valence-electron chi connectivity index (χ3n) is 6.69. The van der Waals surface area contributed by atoms with Crippen molar-refractivity contribution in [3.05, 3.63) is 75.5 Å². The first-order valence-corrected chi connectivity index (χ1v) is 12.9. The Morgan fingerprint density at radius 3 is 2.46 bits per heavy atom. The van der Waals surface area contributed by atoms with E-state index < -0.39 is 30.3 Å². The number of amides is 1. The van der Waals surface area contributed by atoms with Crippen molar-refractivity contribution in [3.63, 3.8) is 0 Å². The Morgan fingerprint density at radius 1 is 1.08 bits per heavy atom. The molecule has 3 aromatic rings. The highest BCUT2D eigenvalue weighted by atomic mass is 19.4. The number of halogens is 3. The number of carbonyl (C=O) groups excluding carboxylic acids is 1. The summed E-state index contributed by atoms with van der Waals surface area (Å²) >= 11 is 0. The van der Waals surface area contributed by atoms with Crippen molar-refractivity contribution in [2.24, 2.45) is 0 Å². The van der Waals surface area contributed by atoms with E-state index in [4.69, 9.17) is 9.47 Å². The van der Waals surface area contributed by atoms with Gasteiger partial charge in [0, 0.05) is 6.42 Å². The molecule has 0 bridgehead atoms. The van der Waals surface area contributed by atoms with Crippen LogP contribution in [0, 0.1) is 0 Å². The maximum atomic E-state index is 13.4. The molecule has 1 amide bonds. The molecule has 8 nitrogen and oxygen atoms in total. The van der Waals surface area contributed by atoms with E-state index >= 15 is 0 Å². The fraction of sp³-hybridized carbons (Fsp3) is 0.393. The van der Waals surface area contributed by atoms with Gasteiger partial charge in [0.1, 0.15) is 11.5 Å². The molecule has 0 saturated heterocycles. The summed E-state index contributed by atoms with van der Waals surface area (Å²) in [4.78, 5) is 27.5. The Hall–Kier alpha value is -4.02. The smallest absolute Gasteiger partial charge is 0.439 e. The first kappa shape index (κ1) is 26.6. The fourth-order valence-corrected chi connectivity index (χ4v) is 4.66. The van der Waals surface area contributed by atoms with Gasteiger partial charge in [0.2, 0.25) is 0 Å². The lowest BCUT2D eigenvalue weighted by molar-refractivity contribution is -0.136. The first-order valence-electron chi connectivity index (χ1n) is 12.9. The Balaban J connectivity index is 1.42. The number of aryl methyl sites for hydroxylation is 1. The van der Waals surface area contributed by atoms with Crippen LogP contribution in [-0.2, 0) is 11.2 Å². The Morgan fingerprint density at radius 2 is 1.82 bits per heavy atom. The summed E-state index contributed by atoms with van der Waals surface area (Å²) < 4.78 is 53.4. The van der Waals surface area contributed by atoms with Gasteiger partial charge in [-0.05, 0) is 78.6 Å². The standard InChI is InChI=1S/C28H28F3N3O5/c1-2-16-14-20(37-13-3-12-28(29,30)31)10-11-21(16)23-15-22(17-4-6-18(7-5-17)38-19-8-9-19)24(26(35)32-23)25-33-27(36)39-34-25/h4-7,10-11,14,19,23H,2-3,8-9,12-13,15H2,1H3,(H,32,35)(H,33,34,36)/t23-/m1/s1. The molecule has 0 unspecified atom stereocenters. The molecule has 11 heteroatoms. The van der Waals surface area contributed by atoms with Gasteiger partial charge in [0.25, 0.3) is 5.91 Å². The largest absolute Gasteiger partial charge is 0.494 e. The molecule has 1 atom stereocenters. The predicted molar refractivity (Wildman–Crippen MR) is 136 cm³/mol. The molecule has 0 spiro atoms. The van der Waals surface area contributed by atoms with E-state index in [0.717, 1.165) is 35.3 Å². The predicted octanol–water partition coefficient (Wildman–Crippen LogP) is 5.36.